The molecule has 0 saturated carbocycles. The van der Waals surface area contributed by atoms with Crippen molar-refractivity contribution in [3.63, 3.8) is 0 Å². The minimum Gasteiger partial charge on any atom is -0.286 e. The second-order valence-corrected chi connectivity index (χ2v) is 8.12. The molecule has 0 bridgehead atoms. The molecule has 0 unspecified atom stereocenters. The van der Waals surface area contributed by atoms with E-state index in [9.17, 15) is 0 Å². The van der Waals surface area contributed by atoms with E-state index in [4.69, 9.17) is 10.5 Å². The van der Waals surface area contributed by atoms with E-state index >= 15 is 0 Å². The van der Waals surface area contributed by atoms with Crippen LogP contribution in [0.25, 0.3) is 15.8 Å². The lowest BCUT2D eigenvalue weighted by molar-refractivity contribution is 1.23. The molecule has 0 amide bonds. The van der Waals surface area contributed by atoms with Gasteiger partial charge in [-0.2, -0.15) is 10.5 Å². The number of allylic oxidation sites excluding steroid dienone is 1. The van der Waals surface area contributed by atoms with Gasteiger partial charge in [-0.15, -0.1) is 11.3 Å². The molecular weight excluding hydrogens is 396 g/mol. The molecule has 2 aromatic heterocycles. The van der Waals surface area contributed by atoms with Gasteiger partial charge in [-0.05, 0) is 42.5 Å². The van der Waals surface area contributed by atoms with Gasteiger partial charge < -0.3 is 0 Å². The Morgan fingerprint density at radius 3 is 2.00 bits per heavy atom. The summed E-state index contributed by atoms with van der Waals surface area (Å²) in [5, 5.41) is 18.8. The summed E-state index contributed by atoms with van der Waals surface area (Å²) in [6.07, 6.45) is 3.48. The van der Waals surface area contributed by atoms with Crippen molar-refractivity contribution in [3.8, 4) is 21.9 Å². The van der Waals surface area contributed by atoms with Crippen LogP contribution in [0.2, 0.25) is 0 Å². The summed E-state index contributed by atoms with van der Waals surface area (Å²) < 4.78 is 0. The zero-order valence-corrected chi connectivity index (χ0v) is 16.8. The van der Waals surface area contributed by atoms with E-state index in [2.05, 4.69) is 34.1 Å². The fourth-order valence-electron chi connectivity index (χ4n) is 2.80. The molecule has 138 valence electrons. The third-order valence-corrected chi connectivity index (χ3v) is 6.32. The number of para-hydroxylation sites is 2. The third kappa shape index (κ3) is 4.09. The van der Waals surface area contributed by atoms with Gasteiger partial charge >= 0.3 is 0 Å². The minimum absolute atomic E-state index is 0.0997. The van der Waals surface area contributed by atoms with Crippen molar-refractivity contribution in [2.24, 2.45) is 0 Å². The minimum atomic E-state index is 0.0997. The van der Waals surface area contributed by atoms with Gasteiger partial charge in [-0.25, -0.2) is 4.98 Å². The Morgan fingerprint density at radius 2 is 1.41 bits per heavy atom. The largest absolute Gasteiger partial charge is 0.286 e. The van der Waals surface area contributed by atoms with Gasteiger partial charge in [0.25, 0.3) is 0 Å². The number of thiophene rings is 1. The van der Waals surface area contributed by atoms with Gasteiger partial charge in [0.15, 0.2) is 5.13 Å². The van der Waals surface area contributed by atoms with Crippen LogP contribution in [0.4, 0.5) is 16.5 Å². The van der Waals surface area contributed by atoms with Crippen LogP contribution >= 0.6 is 22.7 Å². The third-order valence-electron chi connectivity index (χ3n) is 4.11. The Bertz CT molecular complexity index is 1170. The molecule has 4 rings (SSSR count). The average molecular weight is 411 g/mol. The van der Waals surface area contributed by atoms with Crippen molar-refractivity contribution in [1.29, 1.82) is 10.5 Å². The Balaban J connectivity index is 1.70. The van der Waals surface area contributed by atoms with E-state index in [0.717, 1.165) is 31.1 Å². The van der Waals surface area contributed by atoms with Crippen LogP contribution in [0.15, 0.2) is 84.6 Å². The number of nitriles is 2. The van der Waals surface area contributed by atoms with Crippen molar-refractivity contribution < 1.29 is 0 Å². The molecule has 0 radical (unpaired) electrons. The van der Waals surface area contributed by atoms with E-state index in [1.54, 1.807) is 17.4 Å². The first-order valence-corrected chi connectivity index (χ1v) is 10.4. The van der Waals surface area contributed by atoms with Crippen molar-refractivity contribution in [1.82, 2.24) is 4.98 Å². The number of thiazole rings is 1. The zero-order valence-electron chi connectivity index (χ0n) is 15.2. The molecule has 0 saturated heterocycles. The summed E-state index contributed by atoms with van der Waals surface area (Å²) in [6, 6.07) is 28.0. The molecule has 0 aliphatic heterocycles. The Hall–Kier alpha value is -3.71. The normalized spacial score (nSPS) is 10.0. The second kappa shape index (κ2) is 8.53. The van der Waals surface area contributed by atoms with Crippen LogP contribution in [-0.2, 0) is 0 Å². The highest BCUT2D eigenvalue weighted by Crippen LogP contribution is 2.41. The van der Waals surface area contributed by atoms with Gasteiger partial charge in [-0.3, -0.25) is 4.90 Å². The predicted octanol–water partition coefficient (Wildman–Crippen LogP) is 6.77. The fraction of sp³-hybridized carbons (Fsp3) is 0. The number of benzene rings is 2. The molecule has 2 heterocycles. The maximum absolute atomic E-state index is 8.94. The summed E-state index contributed by atoms with van der Waals surface area (Å²) in [5.41, 5.74) is 2.19. The molecule has 0 N–H and O–H groups in total. The molecule has 0 aliphatic rings. The summed E-state index contributed by atoms with van der Waals surface area (Å²) in [6.45, 7) is 0. The summed E-state index contributed by atoms with van der Waals surface area (Å²) in [7, 11) is 0. The zero-order chi connectivity index (χ0) is 20.1. The van der Waals surface area contributed by atoms with Crippen LogP contribution in [0.3, 0.4) is 0 Å². The predicted molar refractivity (Wildman–Crippen MR) is 119 cm³/mol. The molecule has 0 fully saturated rings. The number of rotatable bonds is 5. The van der Waals surface area contributed by atoms with Crippen LogP contribution in [0, 0.1) is 22.7 Å². The quantitative estimate of drug-likeness (QED) is 0.340. The highest BCUT2D eigenvalue weighted by Gasteiger charge is 2.16. The van der Waals surface area contributed by atoms with Crippen LogP contribution in [0.5, 0.6) is 0 Å². The van der Waals surface area contributed by atoms with E-state index in [-0.39, 0.29) is 5.57 Å². The smallest absolute Gasteiger partial charge is 0.195 e. The van der Waals surface area contributed by atoms with Gasteiger partial charge in [0.1, 0.15) is 17.7 Å². The number of anilines is 3. The molecule has 0 spiro atoms. The monoisotopic (exact) mass is 410 g/mol. The van der Waals surface area contributed by atoms with Crippen molar-refractivity contribution in [2.75, 3.05) is 4.90 Å². The molecule has 0 atom stereocenters. The van der Waals surface area contributed by atoms with Crippen LogP contribution in [-0.4, -0.2) is 4.98 Å². The summed E-state index contributed by atoms with van der Waals surface area (Å²) in [5.74, 6) is 0. The maximum atomic E-state index is 8.94. The standard InChI is InChI=1S/C23H14N4S2/c24-14-17(15-25)13-20-11-12-21(28-20)22-16-26-23(29-22)27(18-7-3-1-4-8-18)19-9-5-2-6-10-19/h1-13,16H. The fourth-order valence-corrected chi connectivity index (χ4v) is 4.79. The number of hydrogen-bond acceptors (Lipinski definition) is 6. The van der Waals surface area contributed by atoms with Gasteiger partial charge in [0.2, 0.25) is 0 Å². The summed E-state index contributed by atoms with van der Waals surface area (Å²) >= 11 is 3.14. The first-order chi connectivity index (χ1) is 14.3. The van der Waals surface area contributed by atoms with E-state index in [0.29, 0.717) is 0 Å². The molecule has 4 aromatic rings. The SMILES string of the molecule is N#CC(C#N)=Cc1ccc(-c2cnc(N(c3ccccc3)c3ccccc3)s2)s1. The Labute approximate surface area is 176 Å². The lowest BCUT2D eigenvalue weighted by atomic mass is 10.2. The van der Waals surface area contributed by atoms with Gasteiger partial charge in [-0.1, -0.05) is 47.7 Å². The lowest BCUT2D eigenvalue weighted by Crippen LogP contribution is -2.08. The lowest BCUT2D eigenvalue weighted by Gasteiger charge is -2.22. The molecule has 6 heteroatoms. The number of hydrogen-bond donors (Lipinski definition) is 0. The van der Waals surface area contributed by atoms with Gasteiger partial charge in [0.05, 0.1) is 4.88 Å². The Morgan fingerprint density at radius 1 is 0.793 bits per heavy atom. The highest BCUT2D eigenvalue weighted by molar-refractivity contribution is 7.24. The van der Waals surface area contributed by atoms with Crippen molar-refractivity contribution in [3.05, 3.63) is 89.4 Å². The van der Waals surface area contributed by atoms with Crippen LogP contribution in [0.1, 0.15) is 4.88 Å². The van der Waals surface area contributed by atoms with Crippen molar-refractivity contribution in [2.45, 2.75) is 0 Å². The molecular formula is C23H14N4S2. The summed E-state index contributed by atoms with van der Waals surface area (Å²) in [4.78, 5) is 9.77. The molecule has 29 heavy (non-hydrogen) atoms. The molecule has 0 aliphatic carbocycles. The first-order valence-electron chi connectivity index (χ1n) is 8.76. The number of nitrogens with zero attached hydrogens (tertiary/aromatic N) is 4. The molecule has 4 nitrogen and oxygen atoms in total. The maximum Gasteiger partial charge on any atom is 0.195 e. The molecule has 2 aromatic carbocycles. The van der Waals surface area contributed by atoms with E-state index < -0.39 is 0 Å². The average Bonchev–Trinajstić information content (AvgIpc) is 3.43. The van der Waals surface area contributed by atoms with Crippen LogP contribution < -0.4 is 4.90 Å². The van der Waals surface area contributed by atoms with Gasteiger partial charge in [0, 0.05) is 27.3 Å². The number of aromatic nitrogens is 1. The first kappa shape index (κ1) is 18.6. The van der Waals surface area contributed by atoms with E-state index in [1.807, 2.05) is 66.9 Å². The van der Waals surface area contributed by atoms with Crippen molar-refractivity contribution >= 4 is 45.3 Å². The highest BCUT2D eigenvalue weighted by atomic mass is 32.1. The second-order valence-electron chi connectivity index (χ2n) is 6.00. The van der Waals surface area contributed by atoms with E-state index in [1.165, 1.54) is 11.3 Å². The Kier molecular flexibility index (Phi) is 5.49. The topological polar surface area (TPSA) is 63.7 Å².